The summed E-state index contributed by atoms with van der Waals surface area (Å²) in [6, 6.07) is 10.2. The molecule has 0 saturated heterocycles. The summed E-state index contributed by atoms with van der Waals surface area (Å²) in [5.41, 5.74) is 1.50. The molecule has 0 fully saturated rings. The Morgan fingerprint density at radius 2 is 1.96 bits per heavy atom. The van der Waals surface area contributed by atoms with E-state index in [-0.39, 0.29) is 16.1 Å². The topological polar surface area (TPSA) is 84.6 Å². The summed E-state index contributed by atoms with van der Waals surface area (Å²) in [7, 11) is 0. The van der Waals surface area contributed by atoms with Crippen molar-refractivity contribution in [3.8, 4) is 0 Å². The number of nitrogens with zero attached hydrogens (tertiary/aromatic N) is 2. The number of carbonyl (C=O) groups excluding carboxylic acids is 1. The monoisotopic (exact) mass is 393 g/mol. The van der Waals surface area contributed by atoms with Crippen molar-refractivity contribution >= 4 is 39.2 Å². The van der Waals surface area contributed by atoms with Gasteiger partial charge in [-0.05, 0) is 29.8 Å². The number of benzene rings is 2. The molecule has 0 radical (unpaired) electrons. The second-order valence-electron chi connectivity index (χ2n) is 5.41. The summed E-state index contributed by atoms with van der Waals surface area (Å²) in [4.78, 5) is 22.6. The maximum absolute atomic E-state index is 12.7. The molecular formula is C17H10F3N3O3S. The SMILES string of the molecule is O=C(NN=Cc1cccc(C(F)(F)F)c1)c1cc2cc([N+](=O)[O-])ccc2s1. The molecule has 0 saturated carbocycles. The fraction of sp³-hybridized carbons (Fsp3) is 0.0588. The van der Waals surface area contributed by atoms with Crippen LogP contribution in [-0.4, -0.2) is 17.0 Å². The number of hydrogen-bond acceptors (Lipinski definition) is 5. The van der Waals surface area contributed by atoms with E-state index in [9.17, 15) is 28.1 Å². The fourth-order valence-electron chi connectivity index (χ4n) is 2.27. The zero-order chi connectivity index (χ0) is 19.6. The molecule has 6 nitrogen and oxygen atoms in total. The lowest BCUT2D eigenvalue weighted by molar-refractivity contribution is -0.384. The number of fused-ring (bicyclic) bond motifs is 1. The van der Waals surface area contributed by atoms with E-state index in [2.05, 4.69) is 10.5 Å². The van der Waals surface area contributed by atoms with E-state index in [4.69, 9.17) is 0 Å². The van der Waals surface area contributed by atoms with Gasteiger partial charge in [0.05, 0.1) is 21.6 Å². The largest absolute Gasteiger partial charge is 0.416 e. The number of nitro benzene ring substituents is 1. The lowest BCUT2D eigenvalue weighted by Crippen LogP contribution is -2.16. The summed E-state index contributed by atoms with van der Waals surface area (Å²) in [5, 5.41) is 15.0. The van der Waals surface area contributed by atoms with E-state index in [1.807, 2.05) is 0 Å². The number of nitro groups is 1. The third-order valence-electron chi connectivity index (χ3n) is 3.53. The summed E-state index contributed by atoms with van der Waals surface area (Å²) in [6.07, 6.45) is -3.36. The molecule has 1 heterocycles. The van der Waals surface area contributed by atoms with Gasteiger partial charge in [0.15, 0.2) is 0 Å². The van der Waals surface area contributed by atoms with Crippen molar-refractivity contribution in [3.63, 3.8) is 0 Å². The van der Waals surface area contributed by atoms with Gasteiger partial charge in [-0.1, -0.05) is 12.1 Å². The van der Waals surface area contributed by atoms with E-state index in [1.54, 1.807) is 6.07 Å². The van der Waals surface area contributed by atoms with Crippen molar-refractivity contribution in [1.29, 1.82) is 0 Å². The lowest BCUT2D eigenvalue weighted by Gasteiger charge is -2.06. The van der Waals surface area contributed by atoms with Gasteiger partial charge in [0, 0.05) is 22.2 Å². The van der Waals surface area contributed by atoms with Crippen LogP contribution in [0.2, 0.25) is 0 Å². The Kier molecular flexibility index (Phi) is 4.91. The molecule has 0 unspecified atom stereocenters. The third-order valence-corrected chi connectivity index (χ3v) is 4.64. The van der Waals surface area contributed by atoms with Gasteiger partial charge in [0.25, 0.3) is 11.6 Å². The minimum Gasteiger partial charge on any atom is -0.266 e. The van der Waals surface area contributed by atoms with Gasteiger partial charge >= 0.3 is 6.18 Å². The smallest absolute Gasteiger partial charge is 0.266 e. The summed E-state index contributed by atoms with van der Waals surface area (Å²) >= 11 is 1.12. The molecule has 3 aromatic rings. The van der Waals surface area contributed by atoms with E-state index >= 15 is 0 Å². The van der Waals surface area contributed by atoms with Gasteiger partial charge in [-0.25, -0.2) is 5.43 Å². The van der Waals surface area contributed by atoms with Gasteiger partial charge in [-0.2, -0.15) is 18.3 Å². The van der Waals surface area contributed by atoms with Crippen LogP contribution in [0.1, 0.15) is 20.8 Å². The molecule has 0 aliphatic heterocycles. The average molecular weight is 393 g/mol. The first-order valence-electron chi connectivity index (χ1n) is 7.43. The molecule has 3 rings (SSSR count). The zero-order valence-corrected chi connectivity index (χ0v) is 14.2. The third kappa shape index (κ3) is 4.29. The van der Waals surface area contributed by atoms with Crippen molar-refractivity contribution in [2.45, 2.75) is 6.18 Å². The molecular weight excluding hydrogens is 383 g/mol. The summed E-state index contributed by atoms with van der Waals surface area (Å²) in [5.74, 6) is -0.568. The quantitative estimate of drug-likeness (QED) is 0.400. The summed E-state index contributed by atoms with van der Waals surface area (Å²) < 4.78 is 38.7. The van der Waals surface area contributed by atoms with Gasteiger partial charge in [-0.3, -0.25) is 14.9 Å². The van der Waals surface area contributed by atoms with Crippen LogP contribution in [0.15, 0.2) is 53.6 Å². The highest BCUT2D eigenvalue weighted by atomic mass is 32.1. The van der Waals surface area contributed by atoms with Crippen LogP contribution >= 0.6 is 11.3 Å². The summed E-state index contributed by atoms with van der Waals surface area (Å²) in [6.45, 7) is 0. The standard InChI is InChI=1S/C17H10F3N3O3S/c18-17(19,20)12-3-1-2-10(6-12)9-21-22-16(24)15-8-11-7-13(23(25)26)4-5-14(11)27-15/h1-9H,(H,22,24). The Balaban J connectivity index is 1.73. The first-order valence-corrected chi connectivity index (χ1v) is 8.24. The molecule has 2 aromatic carbocycles. The van der Waals surface area contributed by atoms with Crippen LogP contribution in [0, 0.1) is 10.1 Å². The first kappa shape index (κ1) is 18.5. The number of amides is 1. The molecule has 27 heavy (non-hydrogen) atoms. The van der Waals surface area contributed by atoms with Crippen LogP contribution < -0.4 is 5.43 Å². The number of hydrogen-bond donors (Lipinski definition) is 1. The van der Waals surface area contributed by atoms with Crippen molar-refractivity contribution in [2.24, 2.45) is 5.10 Å². The molecule has 0 bridgehead atoms. The van der Waals surface area contributed by atoms with Crippen LogP contribution in [0.3, 0.4) is 0 Å². The predicted octanol–water partition coefficient (Wildman–Crippen LogP) is 4.59. The molecule has 138 valence electrons. The average Bonchev–Trinajstić information content (AvgIpc) is 3.04. The minimum absolute atomic E-state index is 0.0881. The predicted molar refractivity (Wildman–Crippen MR) is 95.0 cm³/mol. The van der Waals surface area contributed by atoms with Gasteiger partial charge in [0.1, 0.15) is 0 Å². The molecule has 1 N–H and O–H groups in total. The maximum Gasteiger partial charge on any atom is 0.416 e. The normalized spacial score (nSPS) is 11.8. The molecule has 0 atom stereocenters. The number of hydrazone groups is 1. The van der Waals surface area contributed by atoms with Crippen LogP contribution in [-0.2, 0) is 6.18 Å². The molecule has 1 amide bonds. The molecule has 0 aliphatic carbocycles. The Hall–Kier alpha value is -3.27. The van der Waals surface area contributed by atoms with Crippen LogP contribution in [0.4, 0.5) is 18.9 Å². The molecule has 1 aromatic heterocycles. The maximum atomic E-state index is 12.7. The molecule has 0 aliphatic rings. The Bertz CT molecular complexity index is 1060. The molecule has 0 spiro atoms. The number of alkyl halides is 3. The number of rotatable bonds is 4. The van der Waals surface area contributed by atoms with Gasteiger partial charge < -0.3 is 0 Å². The minimum atomic E-state index is -4.47. The second-order valence-corrected chi connectivity index (χ2v) is 6.50. The number of thiophene rings is 1. The first-order chi connectivity index (χ1) is 12.7. The molecule has 10 heteroatoms. The van der Waals surface area contributed by atoms with E-state index < -0.39 is 22.6 Å². The van der Waals surface area contributed by atoms with Crippen molar-refractivity contribution < 1.29 is 22.9 Å². The Morgan fingerprint density at radius 1 is 1.19 bits per heavy atom. The number of nitrogens with one attached hydrogen (secondary N) is 1. The number of carbonyl (C=O) groups is 1. The van der Waals surface area contributed by atoms with Gasteiger partial charge in [-0.15, -0.1) is 11.3 Å². The zero-order valence-electron chi connectivity index (χ0n) is 13.4. The number of non-ortho nitro benzene ring substituents is 1. The van der Waals surface area contributed by atoms with E-state index in [0.29, 0.717) is 10.1 Å². The lowest BCUT2D eigenvalue weighted by atomic mass is 10.1. The highest BCUT2D eigenvalue weighted by molar-refractivity contribution is 7.20. The van der Waals surface area contributed by atoms with E-state index in [1.165, 1.54) is 30.3 Å². The highest BCUT2D eigenvalue weighted by Crippen LogP contribution is 2.30. The van der Waals surface area contributed by atoms with Crippen molar-refractivity contribution in [1.82, 2.24) is 5.43 Å². The van der Waals surface area contributed by atoms with Crippen molar-refractivity contribution in [3.05, 3.63) is 74.6 Å². The highest BCUT2D eigenvalue weighted by Gasteiger charge is 2.30. The Labute approximate surface area is 154 Å². The van der Waals surface area contributed by atoms with E-state index in [0.717, 1.165) is 29.7 Å². The second kappa shape index (κ2) is 7.16. The number of halogens is 3. The van der Waals surface area contributed by atoms with Crippen LogP contribution in [0.5, 0.6) is 0 Å². The van der Waals surface area contributed by atoms with Crippen molar-refractivity contribution in [2.75, 3.05) is 0 Å². The van der Waals surface area contributed by atoms with Gasteiger partial charge in [0.2, 0.25) is 0 Å². The Morgan fingerprint density at radius 3 is 2.67 bits per heavy atom. The van der Waals surface area contributed by atoms with Crippen LogP contribution in [0.25, 0.3) is 10.1 Å². The fourth-order valence-corrected chi connectivity index (χ4v) is 3.20.